The van der Waals surface area contributed by atoms with Gasteiger partial charge in [0, 0.05) is 18.2 Å². The second-order valence-corrected chi connectivity index (χ2v) is 8.64. The summed E-state index contributed by atoms with van der Waals surface area (Å²) in [5.41, 5.74) is 0. The van der Waals surface area contributed by atoms with Crippen LogP contribution in [0.25, 0.3) is 0 Å². The summed E-state index contributed by atoms with van der Waals surface area (Å²) >= 11 is 1.25. The number of likely N-dealkylation sites (tertiary alicyclic amines) is 1. The Balaban J connectivity index is 1.87. The Morgan fingerprint density at radius 1 is 1.35 bits per heavy atom. The minimum absolute atomic E-state index is 0.0271. The molecule has 1 unspecified atom stereocenters. The number of hydrogen-bond acceptors (Lipinski definition) is 6. The number of thioether (sulfide) groups is 1. The van der Waals surface area contributed by atoms with Crippen molar-refractivity contribution in [2.24, 2.45) is 0 Å². The Morgan fingerprint density at radius 3 is 2.60 bits per heavy atom. The molecule has 2 aliphatic heterocycles. The first-order valence-corrected chi connectivity index (χ1v) is 9.18. The van der Waals surface area contributed by atoms with Crippen LogP contribution in [0, 0.1) is 0 Å². The number of β-amino-alcohol motifs (C(OH)–C–C–N with tert-alkyl or cyclic N) is 1. The summed E-state index contributed by atoms with van der Waals surface area (Å²) in [6.45, 7) is 0.0271. The van der Waals surface area contributed by atoms with Gasteiger partial charge in [-0.1, -0.05) is 0 Å². The molecule has 0 spiro atoms. The number of carboxylic acid groups (broad SMARTS) is 1. The fraction of sp³-hybridized carbons (Fsp3) is 0.818. The van der Waals surface area contributed by atoms with Gasteiger partial charge in [-0.3, -0.25) is 4.79 Å². The Labute approximate surface area is 121 Å². The van der Waals surface area contributed by atoms with Gasteiger partial charge in [-0.25, -0.2) is 13.2 Å². The first kappa shape index (κ1) is 15.6. The summed E-state index contributed by atoms with van der Waals surface area (Å²) in [5, 5.41) is 18.4. The number of nitrogens with zero attached hydrogens (tertiary/aromatic N) is 1. The lowest BCUT2D eigenvalue weighted by molar-refractivity contribution is -0.147. The summed E-state index contributed by atoms with van der Waals surface area (Å²) < 4.78 is 22.6. The first-order valence-electron chi connectivity index (χ1n) is 6.31. The Kier molecular flexibility index (Phi) is 4.60. The van der Waals surface area contributed by atoms with E-state index in [0.29, 0.717) is 6.42 Å². The molecule has 2 aliphatic rings. The summed E-state index contributed by atoms with van der Waals surface area (Å²) in [5.74, 6) is -1.20. The van der Waals surface area contributed by atoms with Crippen molar-refractivity contribution in [3.63, 3.8) is 0 Å². The molecule has 2 saturated heterocycles. The summed E-state index contributed by atoms with van der Waals surface area (Å²) in [6.07, 6.45) is -0.230. The highest BCUT2D eigenvalue weighted by Gasteiger charge is 2.39. The molecular formula is C11H17NO6S2. The average Bonchev–Trinajstić information content (AvgIpc) is 2.89. The first-order chi connectivity index (χ1) is 9.28. The van der Waals surface area contributed by atoms with E-state index in [4.69, 9.17) is 5.11 Å². The molecule has 2 N–H and O–H groups in total. The summed E-state index contributed by atoms with van der Waals surface area (Å²) in [4.78, 5) is 24.2. The zero-order valence-electron chi connectivity index (χ0n) is 10.8. The van der Waals surface area contributed by atoms with E-state index in [1.807, 2.05) is 0 Å². The van der Waals surface area contributed by atoms with E-state index in [1.54, 1.807) is 0 Å². The predicted molar refractivity (Wildman–Crippen MR) is 73.3 cm³/mol. The van der Waals surface area contributed by atoms with Gasteiger partial charge in [0.15, 0.2) is 9.84 Å². The lowest BCUT2D eigenvalue weighted by Gasteiger charge is -2.21. The van der Waals surface area contributed by atoms with Crippen molar-refractivity contribution in [2.75, 3.05) is 23.8 Å². The second-order valence-electron chi connectivity index (χ2n) is 5.13. The highest BCUT2D eigenvalue weighted by Crippen LogP contribution is 2.26. The van der Waals surface area contributed by atoms with Gasteiger partial charge in [0.05, 0.1) is 23.4 Å². The van der Waals surface area contributed by atoms with Crippen LogP contribution in [0.4, 0.5) is 0 Å². The third-order valence-electron chi connectivity index (χ3n) is 3.52. The van der Waals surface area contributed by atoms with Crippen molar-refractivity contribution < 1.29 is 28.2 Å². The van der Waals surface area contributed by atoms with Gasteiger partial charge in [0.2, 0.25) is 5.91 Å². The van der Waals surface area contributed by atoms with Gasteiger partial charge >= 0.3 is 5.97 Å². The molecule has 2 heterocycles. The minimum atomic E-state index is -2.98. The minimum Gasteiger partial charge on any atom is -0.480 e. The van der Waals surface area contributed by atoms with Crippen LogP contribution in [0.15, 0.2) is 0 Å². The quantitative estimate of drug-likeness (QED) is 0.679. The van der Waals surface area contributed by atoms with Gasteiger partial charge in [-0.15, -0.1) is 11.8 Å². The van der Waals surface area contributed by atoms with Gasteiger partial charge in [-0.05, 0) is 6.42 Å². The molecule has 0 aliphatic carbocycles. The largest absolute Gasteiger partial charge is 0.480 e. The molecule has 20 heavy (non-hydrogen) atoms. The van der Waals surface area contributed by atoms with Crippen LogP contribution in [-0.4, -0.2) is 76.6 Å². The molecule has 0 aromatic heterocycles. The van der Waals surface area contributed by atoms with Crippen LogP contribution in [0.3, 0.4) is 0 Å². The van der Waals surface area contributed by atoms with Crippen LogP contribution in [0.1, 0.15) is 12.8 Å². The molecule has 3 atom stereocenters. The van der Waals surface area contributed by atoms with Crippen LogP contribution >= 0.6 is 11.8 Å². The monoisotopic (exact) mass is 323 g/mol. The predicted octanol–water partition coefficient (Wildman–Crippen LogP) is -1.05. The topological polar surface area (TPSA) is 112 Å². The lowest BCUT2D eigenvalue weighted by Crippen LogP contribution is -2.41. The average molecular weight is 323 g/mol. The van der Waals surface area contributed by atoms with Gasteiger partial charge in [0.25, 0.3) is 0 Å². The zero-order chi connectivity index (χ0) is 14.9. The molecule has 0 bridgehead atoms. The van der Waals surface area contributed by atoms with E-state index < -0.39 is 28.0 Å². The maximum Gasteiger partial charge on any atom is 0.326 e. The normalized spacial score (nSPS) is 32.5. The van der Waals surface area contributed by atoms with Crippen LogP contribution < -0.4 is 0 Å². The maximum absolute atomic E-state index is 12.0. The number of carboxylic acids is 1. The standard InChI is InChI=1S/C11H17NO6S2/c13-7-3-9(11(15)16)12(4-7)10(14)5-19-8-1-2-20(17,18)6-8/h7-9,13H,1-6H2,(H,15,16)/t7-,8?,9-/m1/s1. The number of hydrogen-bond donors (Lipinski definition) is 2. The molecule has 1 amide bonds. The second kappa shape index (κ2) is 5.90. The highest BCUT2D eigenvalue weighted by molar-refractivity contribution is 8.02. The lowest BCUT2D eigenvalue weighted by atomic mass is 10.2. The number of aliphatic hydroxyl groups is 1. The number of rotatable bonds is 4. The number of amides is 1. The molecule has 0 aromatic rings. The third kappa shape index (κ3) is 3.64. The molecule has 2 fully saturated rings. The van der Waals surface area contributed by atoms with Crippen LogP contribution in [0.5, 0.6) is 0 Å². The van der Waals surface area contributed by atoms with Gasteiger partial charge < -0.3 is 15.1 Å². The van der Waals surface area contributed by atoms with Crippen molar-refractivity contribution in [3.8, 4) is 0 Å². The Morgan fingerprint density at radius 2 is 2.05 bits per heavy atom. The van der Waals surface area contributed by atoms with Crippen molar-refractivity contribution in [1.29, 1.82) is 0 Å². The van der Waals surface area contributed by atoms with E-state index in [1.165, 1.54) is 16.7 Å². The molecule has 0 radical (unpaired) electrons. The van der Waals surface area contributed by atoms with Gasteiger partial charge in [0.1, 0.15) is 6.04 Å². The van der Waals surface area contributed by atoms with E-state index in [2.05, 4.69) is 0 Å². The fourth-order valence-corrected chi connectivity index (χ4v) is 6.02. The molecule has 2 rings (SSSR count). The van der Waals surface area contributed by atoms with Crippen LogP contribution in [-0.2, 0) is 19.4 Å². The fourth-order valence-electron chi connectivity index (χ4n) is 2.49. The molecule has 0 aromatic carbocycles. The molecule has 9 heteroatoms. The number of aliphatic carboxylic acids is 1. The molecule has 7 nitrogen and oxygen atoms in total. The van der Waals surface area contributed by atoms with Crippen molar-refractivity contribution in [1.82, 2.24) is 4.90 Å². The van der Waals surface area contributed by atoms with Crippen molar-refractivity contribution in [2.45, 2.75) is 30.2 Å². The number of sulfone groups is 1. The summed E-state index contributed by atoms with van der Waals surface area (Å²) in [6, 6.07) is -0.981. The highest BCUT2D eigenvalue weighted by atomic mass is 32.2. The number of carbonyl (C=O) groups is 2. The van der Waals surface area contributed by atoms with Gasteiger partial charge in [-0.2, -0.15) is 0 Å². The molecule has 114 valence electrons. The summed E-state index contributed by atoms with van der Waals surface area (Å²) in [7, 11) is -2.98. The maximum atomic E-state index is 12.0. The zero-order valence-corrected chi connectivity index (χ0v) is 12.4. The van der Waals surface area contributed by atoms with E-state index in [0.717, 1.165) is 0 Å². The number of aliphatic hydroxyl groups excluding tert-OH is 1. The Hall–Kier alpha value is -0.800. The number of carbonyl (C=O) groups excluding carboxylic acids is 1. The van der Waals surface area contributed by atoms with E-state index in [-0.39, 0.29) is 41.4 Å². The molecular weight excluding hydrogens is 306 g/mol. The Bertz CT molecular complexity index is 505. The third-order valence-corrected chi connectivity index (χ3v) is 6.78. The van der Waals surface area contributed by atoms with Crippen molar-refractivity contribution in [3.05, 3.63) is 0 Å². The van der Waals surface area contributed by atoms with Crippen molar-refractivity contribution >= 4 is 33.5 Å². The van der Waals surface area contributed by atoms with E-state index >= 15 is 0 Å². The van der Waals surface area contributed by atoms with E-state index in [9.17, 15) is 23.1 Å². The SMILES string of the molecule is O=C(O)[C@H]1C[C@@H](O)CN1C(=O)CSC1CCS(=O)(=O)C1. The smallest absolute Gasteiger partial charge is 0.326 e. The van der Waals surface area contributed by atoms with Crippen LogP contribution in [0.2, 0.25) is 0 Å². The molecule has 0 saturated carbocycles.